The number of nitrogens with zero attached hydrogens (tertiary/aromatic N) is 1. The van der Waals surface area contributed by atoms with Crippen molar-refractivity contribution in [3.8, 4) is 0 Å². The normalized spacial score (nSPS) is 11.0. The number of amides is 1. The summed E-state index contributed by atoms with van der Waals surface area (Å²) < 4.78 is 18.9. The van der Waals surface area contributed by atoms with Gasteiger partial charge in [0, 0.05) is 6.54 Å². The molecule has 24 heavy (non-hydrogen) atoms. The van der Waals surface area contributed by atoms with Crippen LogP contribution in [-0.4, -0.2) is 22.4 Å². The van der Waals surface area contributed by atoms with E-state index in [1.807, 2.05) is 0 Å². The SMILES string of the molecule is Cc1oc2nc[nH]c(=O)c2c1C(=O)NCCc1ccc(F)c(Br)c1. The number of fused-ring (bicyclic) bond motifs is 1. The zero-order valence-electron chi connectivity index (χ0n) is 12.7. The van der Waals surface area contributed by atoms with Gasteiger partial charge in [0.1, 0.15) is 17.0 Å². The van der Waals surface area contributed by atoms with Gasteiger partial charge in [-0.2, -0.15) is 0 Å². The molecule has 0 atom stereocenters. The van der Waals surface area contributed by atoms with Gasteiger partial charge in [0.15, 0.2) is 0 Å². The molecule has 0 saturated carbocycles. The zero-order valence-corrected chi connectivity index (χ0v) is 14.2. The van der Waals surface area contributed by atoms with Crippen LogP contribution in [0.2, 0.25) is 0 Å². The fraction of sp³-hybridized carbons (Fsp3) is 0.188. The molecule has 1 aromatic carbocycles. The summed E-state index contributed by atoms with van der Waals surface area (Å²) in [5.41, 5.74) is 0.754. The molecule has 3 aromatic rings. The Balaban J connectivity index is 1.75. The number of hydrogen-bond acceptors (Lipinski definition) is 4. The van der Waals surface area contributed by atoms with Gasteiger partial charge in [-0.25, -0.2) is 9.37 Å². The number of aromatic nitrogens is 2. The van der Waals surface area contributed by atoms with Crippen molar-refractivity contribution < 1.29 is 13.6 Å². The number of benzene rings is 1. The molecule has 2 N–H and O–H groups in total. The van der Waals surface area contributed by atoms with E-state index in [0.717, 1.165) is 5.56 Å². The molecule has 2 aromatic heterocycles. The number of halogens is 2. The molecular weight excluding hydrogens is 381 g/mol. The second-order valence-electron chi connectivity index (χ2n) is 5.20. The average Bonchev–Trinajstić information content (AvgIpc) is 2.88. The van der Waals surface area contributed by atoms with Crippen molar-refractivity contribution in [2.75, 3.05) is 6.54 Å². The molecule has 0 radical (unpaired) electrons. The van der Waals surface area contributed by atoms with Gasteiger partial charge in [-0.3, -0.25) is 9.59 Å². The number of hydrogen-bond donors (Lipinski definition) is 2. The summed E-state index contributed by atoms with van der Waals surface area (Å²) in [5, 5.41) is 2.88. The highest BCUT2D eigenvalue weighted by atomic mass is 79.9. The number of H-pyrrole nitrogens is 1. The van der Waals surface area contributed by atoms with Crippen LogP contribution < -0.4 is 10.9 Å². The third-order valence-corrected chi connectivity index (χ3v) is 4.19. The predicted molar refractivity (Wildman–Crippen MR) is 89.5 cm³/mol. The zero-order chi connectivity index (χ0) is 17.3. The van der Waals surface area contributed by atoms with Crippen LogP contribution in [-0.2, 0) is 6.42 Å². The quantitative estimate of drug-likeness (QED) is 0.713. The molecular formula is C16H13BrFN3O3. The highest BCUT2D eigenvalue weighted by Gasteiger charge is 2.21. The number of rotatable bonds is 4. The number of nitrogens with one attached hydrogen (secondary N) is 2. The molecule has 0 aliphatic heterocycles. The van der Waals surface area contributed by atoms with E-state index < -0.39 is 11.5 Å². The largest absolute Gasteiger partial charge is 0.442 e. The van der Waals surface area contributed by atoms with Crippen LogP contribution >= 0.6 is 15.9 Å². The van der Waals surface area contributed by atoms with Crippen molar-refractivity contribution >= 4 is 32.9 Å². The second-order valence-corrected chi connectivity index (χ2v) is 6.05. The summed E-state index contributed by atoms with van der Waals surface area (Å²) in [6.45, 7) is 1.94. The minimum Gasteiger partial charge on any atom is -0.442 e. The number of carbonyl (C=O) groups is 1. The van der Waals surface area contributed by atoms with E-state index in [2.05, 4.69) is 31.2 Å². The molecule has 124 valence electrons. The van der Waals surface area contributed by atoms with Crippen LogP contribution in [0, 0.1) is 12.7 Å². The molecule has 0 aliphatic carbocycles. The average molecular weight is 394 g/mol. The highest BCUT2D eigenvalue weighted by Crippen LogP contribution is 2.20. The van der Waals surface area contributed by atoms with Gasteiger partial charge in [-0.1, -0.05) is 6.07 Å². The third kappa shape index (κ3) is 3.09. The van der Waals surface area contributed by atoms with E-state index >= 15 is 0 Å². The van der Waals surface area contributed by atoms with Crippen LogP contribution in [0.4, 0.5) is 4.39 Å². The third-order valence-electron chi connectivity index (χ3n) is 3.58. The van der Waals surface area contributed by atoms with Crippen molar-refractivity contribution in [1.82, 2.24) is 15.3 Å². The predicted octanol–water partition coefficient (Wildman–Crippen LogP) is 2.70. The van der Waals surface area contributed by atoms with Gasteiger partial charge in [0.25, 0.3) is 11.5 Å². The molecule has 1 amide bonds. The van der Waals surface area contributed by atoms with Gasteiger partial charge < -0.3 is 14.7 Å². The van der Waals surface area contributed by atoms with E-state index in [1.54, 1.807) is 19.1 Å². The Morgan fingerprint density at radius 2 is 2.25 bits per heavy atom. The maximum atomic E-state index is 13.2. The van der Waals surface area contributed by atoms with Gasteiger partial charge in [0.2, 0.25) is 5.71 Å². The second kappa shape index (κ2) is 6.56. The lowest BCUT2D eigenvalue weighted by Gasteiger charge is -2.06. The summed E-state index contributed by atoms with van der Waals surface area (Å²) in [5.74, 6) is -0.419. The maximum Gasteiger partial charge on any atom is 0.262 e. The number of aromatic amines is 1. The van der Waals surface area contributed by atoms with Gasteiger partial charge in [0.05, 0.1) is 16.4 Å². The van der Waals surface area contributed by atoms with Crippen molar-refractivity contribution in [2.24, 2.45) is 0 Å². The number of carbonyl (C=O) groups excluding carboxylic acids is 1. The Morgan fingerprint density at radius 3 is 3.00 bits per heavy atom. The molecule has 0 saturated heterocycles. The summed E-state index contributed by atoms with van der Waals surface area (Å²) in [6.07, 6.45) is 1.75. The van der Waals surface area contributed by atoms with E-state index in [4.69, 9.17) is 4.42 Å². The van der Waals surface area contributed by atoms with Crippen molar-refractivity contribution in [1.29, 1.82) is 0 Å². The Hall–Kier alpha value is -2.48. The first-order valence-electron chi connectivity index (χ1n) is 7.16. The first-order valence-corrected chi connectivity index (χ1v) is 7.95. The Labute approximate surface area is 144 Å². The summed E-state index contributed by atoms with van der Waals surface area (Å²) in [6, 6.07) is 4.67. The van der Waals surface area contributed by atoms with Gasteiger partial charge in [-0.05, 0) is 47.0 Å². The van der Waals surface area contributed by atoms with Crippen LogP contribution in [0.5, 0.6) is 0 Å². The molecule has 8 heteroatoms. The van der Waals surface area contributed by atoms with E-state index in [9.17, 15) is 14.0 Å². The fourth-order valence-corrected chi connectivity index (χ4v) is 2.86. The minimum absolute atomic E-state index is 0.129. The molecule has 0 aliphatic rings. The number of furan rings is 1. The van der Waals surface area contributed by atoms with Crippen LogP contribution in [0.1, 0.15) is 21.7 Å². The lowest BCUT2D eigenvalue weighted by atomic mass is 10.1. The molecule has 0 bridgehead atoms. The van der Waals surface area contributed by atoms with Crippen molar-refractivity contribution in [3.63, 3.8) is 0 Å². The molecule has 0 spiro atoms. The summed E-state index contributed by atoms with van der Waals surface area (Å²) in [4.78, 5) is 30.6. The van der Waals surface area contributed by atoms with Crippen molar-refractivity contribution in [3.05, 3.63) is 62.1 Å². The molecule has 2 heterocycles. The first-order chi connectivity index (χ1) is 11.5. The highest BCUT2D eigenvalue weighted by molar-refractivity contribution is 9.10. The topological polar surface area (TPSA) is 88.0 Å². The lowest BCUT2D eigenvalue weighted by Crippen LogP contribution is -2.27. The molecule has 6 nitrogen and oxygen atoms in total. The van der Waals surface area contributed by atoms with Crippen LogP contribution in [0.15, 0.2) is 38.2 Å². The first kappa shape index (κ1) is 16.4. The van der Waals surface area contributed by atoms with E-state index in [1.165, 1.54) is 12.4 Å². The van der Waals surface area contributed by atoms with Crippen LogP contribution in [0.25, 0.3) is 11.1 Å². The number of aryl methyl sites for hydroxylation is 1. The van der Waals surface area contributed by atoms with Gasteiger partial charge >= 0.3 is 0 Å². The van der Waals surface area contributed by atoms with E-state index in [-0.39, 0.29) is 22.5 Å². The monoisotopic (exact) mass is 393 g/mol. The molecule has 0 unspecified atom stereocenters. The minimum atomic E-state index is -0.426. The molecule has 3 rings (SSSR count). The molecule has 0 fully saturated rings. The van der Waals surface area contributed by atoms with Crippen molar-refractivity contribution in [2.45, 2.75) is 13.3 Å². The summed E-state index contributed by atoms with van der Waals surface area (Å²) >= 11 is 3.12. The van der Waals surface area contributed by atoms with E-state index in [0.29, 0.717) is 23.2 Å². The van der Waals surface area contributed by atoms with Gasteiger partial charge in [-0.15, -0.1) is 0 Å². The Bertz CT molecular complexity index is 980. The maximum absolute atomic E-state index is 13.2. The van der Waals surface area contributed by atoms with Crippen LogP contribution in [0.3, 0.4) is 0 Å². The Kier molecular flexibility index (Phi) is 4.48. The smallest absolute Gasteiger partial charge is 0.262 e. The standard InChI is InChI=1S/C16H13BrFN3O3/c1-8-12(13-15(23)20-7-21-16(13)24-8)14(22)19-5-4-9-2-3-11(18)10(17)6-9/h2-3,6-7H,4-5H2,1H3,(H,19,22)(H,20,21,23). The summed E-state index contributed by atoms with van der Waals surface area (Å²) in [7, 11) is 0. The fourth-order valence-electron chi connectivity index (χ4n) is 2.43. The Morgan fingerprint density at radius 1 is 1.46 bits per heavy atom. The lowest BCUT2D eigenvalue weighted by molar-refractivity contribution is 0.0954.